The Hall–Kier alpha value is -2.99. The molecule has 1 atom stereocenters. The average Bonchev–Trinajstić information content (AvgIpc) is 3.12. The van der Waals surface area contributed by atoms with Crippen molar-refractivity contribution in [3.05, 3.63) is 89.4 Å². The van der Waals surface area contributed by atoms with Crippen molar-refractivity contribution in [1.29, 1.82) is 0 Å². The van der Waals surface area contributed by atoms with Crippen molar-refractivity contribution in [2.24, 2.45) is 0 Å². The van der Waals surface area contributed by atoms with E-state index in [0.29, 0.717) is 23.4 Å². The summed E-state index contributed by atoms with van der Waals surface area (Å²) in [5.41, 5.74) is 1.66. The van der Waals surface area contributed by atoms with E-state index in [1.807, 2.05) is 12.1 Å². The number of aromatic nitrogens is 1. The van der Waals surface area contributed by atoms with E-state index in [4.69, 9.17) is 4.42 Å². The molecule has 6 heteroatoms. The van der Waals surface area contributed by atoms with E-state index in [-0.39, 0.29) is 12.4 Å². The van der Waals surface area contributed by atoms with Gasteiger partial charge in [-0.25, -0.2) is 4.39 Å². The number of hydrogen-bond acceptors (Lipinski definition) is 4. The minimum atomic E-state index is -1.02. The number of aliphatic carboxylic acids is 1. The van der Waals surface area contributed by atoms with E-state index in [2.05, 4.69) is 4.98 Å². The molecule has 0 aliphatic carbocycles. The molecule has 0 fully saturated rings. The molecule has 26 heavy (non-hydrogen) atoms. The summed E-state index contributed by atoms with van der Waals surface area (Å²) in [7, 11) is 0. The van der Waals surface area contributed by atoms with Crippen molar-refractivity contribution in [2.75, 3.05) is 0 Å². The maximum absolute atomic E-state index is 13.6. The van der Waals surface area contributed by atoms with Crippen LogP contribution in [0.4, 0.5) is 4.39 Å². The molecule has 0 aliphatic heterocycles. The molecule has 0 unspecified atom stereocenters. The van der Waals surface area contributed by atoms with E-state index in [1.165, 1.54) is 12.1 Å². The van der Waals surface area contributed by atoms with Gasteiger partial charge in [0.25, 0.3) is 0 Å². The van der Waals surface area contributed by atoms with Gasteiger partial charge in [-0.05, 0) is 48.4 Å². The highest BCUT2D eigenvalue weighted by molar-refractivity contribution is 5.75. The molecule has 134 valence electrons. The molecule has 0 saturated heterocycles. The van der Waals surface area contributed by atoms with Crippen molar-refractivity contribution in [2.45, 2.75) is 26.1 Å². The van der Waals surface area contributed by atoms with Gasteiger partial charge in [0.05, 0.1) is 18.5 Å². The monoisotopic (exact) mass is 354 g/mol. The first-order valence-corrected chi connectivity index (χ1v) is 8.20. The van der Waals surface area contributed by atoms with Gasteiger partial charge < -0.3 is 9.52 Å². The standard InChI is InChI=1S/C20H19FN2O3/c1-14-11-15(7-8-18(14)21)19(20(24)25)23(13-17-6-4-10-26-17)12-16-5-2-3-9-22-16/h2-11,19H,12-13H2,1H3,(H,24,25)/t19-/m1/s1. The number of pyridine rings is 1. The number of nitrogens with zero attached hydrogens (tertiary/aromatic N) is 2. The second-order valence-corrected chi connectivity index (χ2v) is 6.05. The summed E-state index contributed by atoms with van der Waals surface area (Å²) in [6.45, 7) is 2.22. The molecule has 1 aromatic carbocycles. The van der Waals surface area contributed by atoms with E-state index >= 15 is 0 Å². The Morgan fingerprint density at radius 2 is 2.08 bits per heavy atom. The van der Waals surface area contributed by atoms with Crippen LogP contribution in [0.15, 0.2) is 65.4 Å². The predicted molar refractivity (Wildman–Crippen MR) is 93.7 cm³/mol. The van der Waals surface area contributed by atoms with Gasteiger partial charge in [-0.15, -0.1) is 0 Å². The molecular formula is C20H19FN2O3. The van der Waals surface area contributed by atoms with Gasteiger partial charge in [-0.1, -0.05) is 18.2 Å². The van der Waals surface area contributed by atoms with Crippen LogP contribution in [0.3, 0.4) is 0 Å². The normalized spacial score (nSPS) is 12.3. The first kappa shape index (κ1) is 17.8. The first-order valence-electron chi connectivity index (χ1n) is 8.20. The number of halogens is 1. The van der Waals surface area contributed by atoms with Crippen molar-refractivity contribution in [3.8, 4) is 0 Å². The van der Waals surface area contributed by atoms with Crippen LogP contribution in [-0.4, -0.2) is 21.0 Å². The molecule has 3 aromatic rings. The molecule has 0 amide bonds. The van der Waals surface area contributed by atoms with Crippen LogP contribution in [0.5, 0.6) is 0 Å². The fourth-order valence-electron chi connectivity index (χ4n) is 2.89. The summed E-state index contributed by atoms with van der Waals surface area (Å²) in [5.74, 6) is -0.732. The third kappa shape index (κ3) is 4.15. The zero-order valence-corrected chi connectivity index (χ0v) is 14.3. The number of carboxylic acid groups (broad SMARTS) is 1. The van der Waals surface area contributed by atoms with Crippen LogP contribution < -0.4 is 0 Å². The quantitative estimate of drug-likeness (QED) is 0.696. The number of hydrogen-bond donors (Lipinski definition) is 1. The lowest BCUT2D eigenvalue weighted by Gasteiger charge is -2.28. The average molecular weight is 354 g/mol. The topological polar surface area (TPSA) is 66.6 Å². The van der Waals surface area contributed by atoms with Crippen LogP contribution in [0, 0.1) is 12.7 Å². The van der Waals surface area contributed by atoms with E-state index in [9.17, 15) is 14.3 Å². The summed E-state index contributed by atoms with van der Waals surface area (Å²) >= 11 is 0. The number of furan rings is 1. The zero-order chi connectivity index (χ0) is 18.5. The fourth-order valence-corrected chi connectivity index (χ4v) is 2.89. The molecule has 1 N–H and O–H groups in total. The molecule has 0 spiro atoms. The fraction of sp³-hybridized carbons (Fsp3) is 0.200. The summed E-state index contributed by atoms with van der Waals surface area (Å²) in [5, 5.41) is 9.88. The highest BCUT2D eigenvalue weighted by atomic mass is 19.1. The maximum Gasteiger partial charge on any atom is 0.325 e. The van der Waals surface area contributed by atoms with Gasteiger partial charge in [0.1, 0.15) is 17.6 Å². The molecule has 3 rings (SSSR count). The Labute approximate surface area is 150 Å². The van der Waals surface area contributed by atoms with Gasteiger partial charge in [0.2, 0.25) is 0 Å². The highest BCUT2D eigenvalue weighted by Crippen LogP contribution is 2.27. The third-order valence-electron chi connectivity index (χ3n) is 4.13. The lowest BCUT2D eigenvalue weighted by atomic mass is 10.0. The van der Waals surface area contributed by atoms with Gasteiger partial charge in [0.15, 0.2) is 0 Å². The molecular weight excluding hydrogens is 335 g/mol. The number of carboxylic acids is 1. The SMILES string of the molecule is Cc1cc([C@H](C(=O)O)N(Cc2ccccn2)Cc2ccco2)ccc1F. The summed E-state index contributed by atoms with van der Waals surface area (Å²) in [4.78, 5) is 18.1. The number of benzene rings is 1. The largest absolute Gasteiger partial charge is 0.480 e. The zero-order valence-electron chi connectivity index (χ0n) is 14.3. The van der Waals surface area contributed by atoms with E-state index < -0.39 is 12.0 Å². The van der Waals surface area contributed by atoms with E-state index in [1.54, 1.807) is 48.5 Å². The highest BCUT2D eigenvalue weighted by Gasteiger charge is 2.29. The molecule has 0 saturated carbocycles. The molecule has 2 heterocycles. The molecule has 0 aliphatic rings. The lowest BCUT2D eigenvalue weighted by molar-refractivity contribution is -0.144. The maximum atomic E-state index is 13.6. The second-order valence-electron chi connectivity index (χ2n) is 6.05. The Kier molecular flexibility index (Phi) is 5.43. The number of rotatable bonds is 7. The number of carbonyl (C=O) groups is 1. The van der Waals surface area contributed by atoms with Crippen molar-refractivity contribution in [3.63, 3.8) is 0 Å². The minimum absolute atomic E-state index is 0.289. The Morgan fingerprint density at radius 3 is 2.69 bits per heavy atom. The first-order chi connectivity index (χ1) is 12.5. The lowest BCUT2D eigenvalue weighted by Crippen LogP contribution is -2.33. The van der Waals surface area contributed by atoms with Gasteiger partial charge in [-0.2, -0.15) is 0 Å². The number of aryl methyl sites for hydroxylation is 1. The Balaban J connectivity index is 1.97. The minimum Gasteiger partial charge on any atom is -0.480 e. The molecule has 5 nitrogen and oxygen atoms in total. The van der Waals surface area contributed by atoms with Crippen LogP contribution in [0.1, 0.15) is 28.6 Å². The molecule has 0 radical (unpaired) electrons. The van der Waals surface area contributed by atoms with Crippen LogP contribution in [-0.2, 0) is 17.9 Å². The Morgan fingerprint density at radius 1 is 1.23 bits per heavy atom. The second kappa shape index (κ2) is 7.93. The van der Waals surface area contributed by atoms with Crippen molar-refractivity contribution >= 4 is 5.97 Å². The molecule has 0 bridgehead atoms. The van der Waals surface area contributed by atoms with Crippen LogP contribution >= 0.6 is 0 Å². The van der Waals surface area contributed by atoms with Crippen molar-refractivity contribution < 1.29 is 18.7 Å². The van der Waals surface area contributed by atoms with Gasteiger partial charge in [-0.3, -0.25) is 14.7 Å². The van der Waals surface area contributed by atoms with E-state index in [0.717, 1.165) is 5.69 Å². The van der Waals surface area contributed by atoms with Gasteiger partial charge >= 0.3 is 5.97 Å². The van der Waals surface area contributed by atoms with Gasteiger partial charge in [0, 0.05) is 12.7 Å². The summed E-state index contributed by atoms with van der Waals surface area (Å²) < 4.78 is 19.0. The van der Waals surface area contributed by atoms with Crippen LogP contribution in [0.25, 0.3) is 0 Å². The molecule has 2 aromatic heterocycles. The summed E-state index contributed by atoms with van der Waals surface area (Å²) in [6.07, 6.45) is 3.21. The smallest absolute Gasteiger partial charge is 0.325 e. The van der Waals surface area contributed by atoms with Crippen LogP contribution in [0.2, 0.25) is 0 Å². The third-order valence-corrected chi connectivity index (χ3v) is 4.13. The Bertz CT molecular complexity index is 866. The van der Waals surface area contributed by atoms with Crippen molar-refractivity contribution in [1.82, 2.24) is 9.88 Å². The summed E-state index contributed by atoms with van der Waals surface area (Å²) in [6, 6.07) is 12.5. The predicted octanol–water partition coefficient (Wildman–Crippen LogP) is 3.95.